The maximum atomic E-state index is 15.2. The maximum Gasteiger partial charge on any atom is 0.165 e. The molecule has 1 aliphatic heterocycles. The minimum absolute atomic E-state index is 0.0578. The lowest BCUT2D eigenvalue weighted by Crippen LogP contribution is -2.29. The third-order valence-corrected chi connectivity index (χ3v) is 6.29. The molecule has 192 valence electrons. The molecule has 0 aliphatic carbocycles. The molecule has 5 rings (SSSR count). The Bertz CT molecular complexity index is 1400. The van der Waals surface area contributed by atoms with Crippen molar-refractivity contribution in [1.29, 1.82) is 0 Å². The van der Waals surface area contributed by atoms with E-state index in [0.29, 0.717) is 48.3 Å². The Morgan fingerprint density at radius 3 is 2.51 bits per heavy atom. The lowest BCUT2D eigenvalue weighted by atomic mass is 10.0. The second-order valence-electron chi connectivity index (χ2n) is 9.01. The molecule has 0 saturated heterocycles. The van der Waals surface area contributed by atoms with Crippen molar-refractivity contribution in [1.82, 2.24) is 30.4 Å². The highest BCUT2D eigenvalue weighted by Crippen LogP contribution is 2.37. The molecule has 0 saturated carbocycles. The van der Waals surface area contributed by atoms with Crippen molar-refractivity contribution in [2.75, 3.05) is 25.1 Å². The number of rotatable bonds is 8. The van der Waals surface area contributed by atoms with Crippen LogP contribution in [0.2, 0.25) is 0 Å². The third kappa shape index (κ3) is 4.87. The first-order chi connectivity index (χ1) is 17.9. The summed E-state index contributed by atoms with van der Waals surface area (Å²) in [5.41, 5.74) is 4.80. The Hall–Kier alpha value is -3.96. The Morgan fingerprint density at radius 1 is 1.14 bits per heavy atom. The van der Waals surface area contributed by atoms with Gasteiger partial charge in [0.25, 0.3) is 0 Å². The number of hydrogen-bond donors (Lipinski definition) is 2. The molecular weight excluding hydrogens is 477 g/mol. The lowest BCUT2D eigenvalue weighted by Gasteiger charge is -2.21. The molecule has 0 fully saturated rings. The molecule has 4 heterocycles. The number of aliphatic hydroxyl groups is 1. The van der Waals surface area contributed by atoms with Crippen molar-refractivity contribution in [2.24, 2.45) is 0 Å². The number of hydrogen-bond acceptors (Lipinski definition) is 10. The average Bonchev–Trinajstić information content (AvgIpc) is 3.46. The number of aryl methyl sites for hydroxylation is 2. The van der Waals surface area contributed by atoms with Crippen LogP contribution in [0.25, 0.3) is 22.6 Å². The van der Waals surface area contributed by atoms with E-state index in [4.69, 9.17) is 19.2 Å². The summed E-state index contributed by atoms with van der Waals surface area (Å²) in [5, 5.41) is 17.0. The second-order valence-corrected chi connectivity index (χ2v) is 9.01. The Labute approximate surface area is 213 Å². The highest BCUT2D eigenvalue weighted by Gasteiger charge is 2.28. The summed E-state index contributed by atoms with van der Waals surface area (Å²) >= 11 is 0. The van der Waals surface area contributed by atoms with Crippen LogP contribution in [0, 0.1) is 26.6 Å². The first kappa shape index (κ1) is 24.7. The van der Waals surface area contributed by atoms with Crippen LogP contribution in [-0.2, 0) is 13.1 Å². The van der Waals surface area contributed by atoms with Crippen LogP contribution in [0.1, 0.15) is 28.4 Å². The highest BCUT2D eigenvalue weighted by molar-refractivity contribution is 5.75. The van der Waals surface area contributed by atoms with Crippen LogP contribution in [0.5, 0.6) is 5.75 Å². The minimum Gasteiger partial charge on any atom is -0.491 e. The fourth-order valence-corrected chi connectivity index (χ4v) is 4.48. The summed E-state index contributed by atoms with van der Waals surface area (Å²) in [7, 11) is 1.74. The maximum absolute atomic E-state index is 15.2. The first-order valence-electron chi connectivity index (χ1n) is 12.0. The van der Waals surface area contributed by atoms with Gasteiger partial charge in [-0.2, -0.15) is 0 Å². The fraction of sp³-hybridized carbons (Fsp3) is 0.346. The zero-order valence-corrected chi connectivity index (χ0v) is 21.1. The van der Waals surface area contributed by atoms with Crippen LogP contribution in [0.3, 0.4) is 0 Å². The number of nitrogens with zero attached hydrogens (tertiary/aromatic N) is 6. The van der Waals surface area contributed by atoms with E-state index in [0.717, 1.165) is 22.5 Å². The normalized spacial score (nSPS) is 13.6. The van der Waals surface area contributed by atoms with E-state index in [1.807, 2.05) is 20.8 Å². The van der Waals surface area contributed by atoms with Gasteiger partial charge in [-0.15, -0.1) is 0 Å². The van der Waals surface area contributed by atoms with E-state index in [2.05, 4.69) is 25.3 Å². The van der Waals surface area contributed by atoms with E-state index in [9.17, 15) is 5.11 Å². The van der Waals surface area contributed by atoms with Gasteiger partial charge < -0.3 is 24.6 Å². The number of anilines is 1. The quantitative estimate of drug-likeness (QED) is 0.369. The van der Waals surface area contributed by atoms with Gasteiger partial charge in [0.1, 0.15) is 35.9 Å². The SMILES string of the molecule is CNCC(O)COc1ccc(F)c(-c2nc(-c3c(C)noc3C)c(C)c(N3Cc4nccnc4C3)n2)c1. The van der Waals surface area contributed by atoms with E-state index in [1.54, 1.807) is 25.5 Å². The van der Waals surface area contributed by atoms with Gasteiger partial charge in [-0.25, -0.2) is 14.4 Å². The number of fused-ring (bicyclic) bond motifs is 1. The minimum atomic E-state index is -0.703. The van der Waals surface area contributed by atoms with Gasteiger partial charge >= 0.3 is 0 Å². The van der Waals surface area contributed by atoms with Crippen LogP contribution in [0.4, 0.5) is 10.2 Å². The summed E-state index contributed by atoms with van der Waals surface area (Å²) in [5.74, 6) is 1.37. The summed E-state index contributed by atoms with van der Waals surface area (Å²) in [6.07, 6.45) is 2.64. The molecule has 1 aromatic carbocycles. The van der Waals surface area contributed by atoms with E-state index < -0.39 is 11.9 Å². The molecule has 37 heavy (non-hydrogen) atoms. The van der Waals surface area contributed by atoms with Gasteiger partial charge in [0.15, 0.2) is 5.82 Å². The van der Waals surface area contributed by atoms with Crippen molar-refractivity contribution in [2.45, 2.75) is 40.0 Å². The molecule has 1 aliphatic rings. The fourth-order valence-electron chi connectivity index (χ4n) is 4.48. The van der Waals surface area contributed by atoms with Crippen LogP contribution in [0.15, 0.2) is 35.1 Å². The molecule has 2 N–H and O–H groups in total. The zero-order valence-electron chi connectivity index (χ0n) is 21.1. The predicted octanol–water partition coefficient (Wildman–Crippen LogP) is 3.13. The number of nitrogens with one attached hydrogen (secondary N) is 1. The third-order valence-electron chi connectivity index (χ3n) is 6.29. The van der Waals surface area contributed by atoms with Crippen molar-refractivity contribution in [3.05, 3.63) is 64.8 Å². The molecule has 4 aromatic rings. The zero-order chi connectivity index (χ0) is 26.1. The average molecular weight is 506 g/mol. The van der Waals surface area contributed by atoms with Crippen molar-refractivity contribution < 1.29 is 18.8 Å². The van der Waals surface area contributed by atoms with E-state index in [-0.39, 0.29) is 18.0 Å². The van der Waals surface area contributed by atoms with Crippen molar-refractivity contribution in [3.8, 4) is 28.4 Å². The summed E-state index contributed by atoms with van der Waals surface area (Å²) in [4.78, 5) is 20.6. The van der Waals surface area contributed by atoms with E-state index in [1.165, 1.54) is 12.1 Å². The largest absolute Gasteiger partial charge is 0.491 e. The number of aromatic nitrogens is 5. The highest BCUT2D eigenvalue weighted by atomic mass is 19.1. The van der Waals surface area contributed by atoms with Gasteiger partial charge in [-0.05, 0) is 46.0 Å². The molecule has 1 unspecified atom stereocenters. The summed E-state index contributed by atoms with van der Waals surface area (Å²) < 4.78 is 26.3. The standard InChI is InChI=1S/C26H28FN7O3/c1-14-24(23-15(2)33-37-16(23)3)31-25(32-26(14)34-11-21-22(12-34)30-8-7-29-21)19-9-18(5-6-20(19)27)36-13-17(35)10-28-4/h5-9,17,28,35H,10-13H2,1-4H3. The smallest absolute Gasteiger partial charge is 0.165 e. The molecule has 0 radical (unpaired) electrons. The predicted molar refractivity (Wildman–Crippen MR) is 134 cm³/mol. The number of likely N-dealkylation sites (N-methyl/N-ethyl adjacent to an activating group) is 1. The number of halogens is 1. The molecule has 10 nitrogen and oxygen atoms in total. The van der Waals surface area contributed by atoms with E-state index >= 15 is 4.39 Å². The molecule has 1 atom stereocenters. The van der Waals surface area contributed by atoms with Gasteiger partial charge in [0.2, 0.25) is 0 Å². The topological polar surface area (TPSA) is 122 Å². The van der Waals surface area contributed by atoms with Crippen LogP contribution in [-0.4, -0.2) is 56.5 Å². The Kier molecular flexibility index (Phi) is 6.81. The Morgan fingerprint density at radius 2 is 1.86 bits per heavy atom. The molecule has 3 aromatic heterocycles. The Balaban J connectivity index is 1.60. The van der Waals surface area contributed by atoms with Gasteiger partial charge in [0.05, 0.1) is 47.0 Å². The van der Waals surface area contributed by atoms with Crippen LogP contribution >= 0.6 is 0 Å². The van der Waals surface area contributed by atoms with Crippen molar-refractivity contribution in [3.63, 3.8) is 0 Å². The van der Waals surface area contributed by atoms with Crippen LogP contribution < -0.4 is 15.0 Å². The summed E-state index contributed by atoms with van der Waals surface area (Å²) in [6, 6.07) is 4.38. The van der Waals surface area contributed by atoms with Gasteiger partial charge in [-0.1, -0.05) is 5.16 Å². The molecular formula is C26H28FN7O3. The van der Waals surface area contributed by atoms with Gasteiger partial charge in [-0.3, -0.25) is 9.97 Å². The molecule has 0 amide bonds. The van der Waals surface area contributed by atoms with Crippen molar-refractivity contribution >= 4 is 5.82 Å². The second kappa shape index (κ2) is 10.2. The molecule has 11 heteroatoms. The van der Waals surface area contributed by atoms with Gasteiger partial charge in [0, 0.05) is 24.5 Å². The molecule has 0 spiro atoms. The summed E-state index contributed by atoms with van der Waals surface area (Å²) in [6.45, 7) is 7.08. The monoisotopic (exact) mass is 505 g/mol. The molecule has 0 bridgehead atoms. The number of ether oxygens (including phenoxy) is 1. The number of benzene rings is 1. The lowest BCUT2D eigenvalue weighted by molar-refractivity contribution is 0.108. The first-order valence-corrected chi connectivity index (χ1v) is 12.0. The number of aliphatic hydroxyl groups excluding tert-OH is 1.